The molecule has 0 heterocycles. The summed E-state index contributed by atoms with van der Waals surface area (Å²) in [5.74, 6) is 1.69. The van der Waals surface area contributed by atoms with Gasteiger partial charge in [-0.05, 0) is 37.0 Å². The van der Waals surface area contributed by atoms with Crippen molar-refractivity contribution in [3.8, 4) is 0 Å². The number of ether oxygens (including phenoxy) is 3. The summed E-state index contributed by atoms with van der Waals surface area (Å²) in [6.45, 7) is 13.8. The lowest BCUT2D eigenvalue weighted by Crippen LogP contribution is -2.30. The largest absolute Gasteiger partial charge is 0.462 e. The van der Waals surface area contributed by atoms with E-state index < -0.39 is 6.10 Å². The molecular weight excluding hydrogens is 781 g/mol. The van der Waals surface area contributed by atoms with Gasteiger partial charge in [0.1, 0.15) is 13.2 Å². The van der Waals surface area contributed by atoms with Crippen LogP contribution in [-0.4, -0.2) is 37.2 Å². The molecule has 0 aliphatic carbocycles. The van der Waals surface area contributed by atoms with Crippen LogP contribution in [0.15, 0.2) is 0 Å². The number of unbranched alkanes of at least 4 members (excludes halogenated alkanes) is 32. The first-order valence-corrected chi connectivity index (χ1v) is 28.1. The SMILES string of the molecule is CCC(C)CCCCCCCCCCCCC(=O)OC[C@@H](COC(=O)CCCCCCCCCCCCCC(C)C)OC(=O)CCCCCCCCCCCCCCCCC(C)C. The van der Waals surface area contributed by atoms with Crippen molar-refractivity contribution in [2.75, 3.05) is 13.2 Å². The van der Waals surface area contributed by atoms with Gasteiger partial charge in [0.25, 0.3) is 0 Å². The molecule has 0 N–H and O–H groups in total. The molecule has 0 rings (SSSR count). The van der Waals surface area contributed by atoms with Gasteiger partial charge in [0, 0.05) is 19.3 Å². The van der Waals surface area contributed by atoms with Gasteiger partial charge in [-0.1, -0.05) is 273 Å². The Hall–Kier alpha value is -1.59. The molecule has 6 nitrogen and oxygen atoms in total. The highest BCUT2D eigenvalue weighted by Gasteiger charge is 2.19. The van der Waals surface area contributed by atoms with Crippen LogP contribution in [0.25, 0.3) is 0 Å². The summed E-state index contributed by atoms with van der Waals surface area (Å²) in [5, 5.41) is 0. The van der Waals surface area contributed by atoms with Crippen LogP contribution in [0.1, 0.15) is 311 Å². The molecule has 0 saturated heterocycles. The van der Waals surface area contributed by atoms with E-state index in [0.29, 0.717) is 19.3 Å². The number of rotatable bonds is 50. The van der Waals surface area contributed by atoms with Crippen LogP contribution in [-0.2, 0) is 28.6 Å². The van der Waals surface area contributed by atoms with Crippen molar-refractivity contribution in [3.63, 3.8) is 0 Å². The molecule has 6 heteroatoms. The molecule has 0 aliphatic rings. The van der Waals surface area contributed by atoms with E-state index in [1.54, 1.807) is 0 Å². The van der Waals surface area contributed by atoms with Gasteiger partial charge >= 0.3 is 17.9 Å². The fourth-order valence-corrected chi connectivity index (χ4v) is 8.61. The van der Waals surface area contributed by atoms with E-state index in [-0.39, 0.29) is 31.1 Å². The monoisotopic (exact) mass is 891 g/mol. The first-order chi connectivity index (χ1) is 30.6. The lowest BCUT2D eigenvalue weighted by atomic mass is 9.99. The Balaban J connectivity index is 4.32. The summed E-state index contributed by atoms with van der Waals surface area (Å²) in [6.07, 6.45) is 49.4. The van der Waals surface area contributed by atoms with Gasteiger partial charge in [-0.25, -0.2) is 0 Å². The van der Waals surface area contributed by atoms with E-state index in [2.05, 4.69) is 41.5 Å². The molecule has 0 amide bonds. The lowest BCUT2D eigenvalue weighted by molar-refractivity contribution is -0.167. The quantitative estimate of drug-likeness (QED) is 0.0344. The minimum absolute atomic E-state index is 0.0640. The second-order valence-electron chi connectivity index (χ2n) is 20.8. The van der Waals surface area contributed by atoms with Crippen LogP contribution >= 0.6 is 0 Å². The third-order valence-corrected chi connectivity index (χ3v) is 13.3. The molecule has 0 aliphatic heterocycles. The van der Waals surface area contributed by atoms with E-state index in [4.69, 9.17) is 14.2 Å². The molecule has 2 atom stereocenters. The van der Waals surface area contributed by atoms with E-state index >= 15 is 0 Å². The topological polar surface area (TPSA) is 78.9 Å². The first kappa shape index (κ1) is 61.4. The smallest absolute Gasteiger partial charge is 0.306 e. The maximum atomic E-state index is 12.8. The second-order valence-corrected chi connectivity index (χ2v) is 20.8. The van der Waals surface area contributed by atoms with Crippen molar-refractivity contribution in [1.82, 2.24) is 0 Å². The van der Waals surface area contributed by atoms with Crippen molar-refractivity contribution in [2.24, 2.45) is 17.8 Å². The molecule has 0 fully saturated rings. The Kier molecular flexibility index (Phi) is 47.1. The zero-order valence-corrected chi connectivity index (χ0v) is 43.4. The summed E-state index contributed by atoms with van der Waals surface area (Å²) < 4.78 is 16.9. The molecule has 374 valence electrons. The highest BCUT2D eigenvalue weighted by Crippen LogP contribution is 2.18. The molecule has 0 radical (unpaired) electrons. The summed E-state index contributed by atoms with van der Waals surface area (Å²) in [7, 11) is 0. The van der Waals surface area contributed by atoms with Crippen LogP contribution in [0.4, 0.5) is 0 Å². The van der Waals surface area contributed by atoms with E-state index in [9.17, 15) is 14.4 Å². The molecule has 0 saturated carbocycles. The maximum absolute atomic E-state index is 12.8. The summed E-state index contributed by atoms with van der Waals surface area (Å²) >= 11 is 0. The van der Waals surface area contributed by atoms with Crippen LogP contribution in [0.2, 0.25) is 0 Å². The van der Waals surface area contributed by atoms with E-state index in [0.717, 1.165) is 75.5 Å². The minimum atomic E-state index is -0.763. The van der Waals surface area contributed by atoms with Gasteiger partial charge in [-0.2, -0.15) is 0 Å². The molecule has 1 unspecified atom stereocenters. The Labute approximate surface area is 393 Å². The third-order valence-electron chi connectivity index (χ3n) is 13.3. The Morgan fingerprint density at radius 1 is 0.317 bits per heavy atom. The Bertz CT molecular complexity index is 978. The highest BCUT2D eigenvalue weighted by atomic mass is 16.6. The predicted molar refractivity (Wildman–Crippen MR) is 270 cm³/mol. The highest BCUT2D eigenvalue weighted by molar-refractivity contribution is 5.71. The van der Waals surface area contributed by atoms with Gasteiger partial charge in [-0.3, -0.25) is 14.4 Å². The van der Waals surface area contributed by atoms with E-state index in [1.807, 2.05) is 0 Å². The van der Waals surface area contributed by atoms with Crippen LogP contribution in [0, 0.1) is 17.8 Å². The first-order valence-electron chi connectivity index (χ1n) is 28.1. The minimum Gasteiger partial charge on any atom is -0.462 e. The van der Waals surface area contributed by atoms with Crippen molar-refractivity contribution in [2.45, 2.75) is 317 Å². The van der Waals surface area contributed by atoms with Crippen molar-refractivity contribution >= 4 is 17.9 Å². The fourth-order valence-electron chi connectivity index (χ4n) is 8.61. The lowest BCUT2D eigenvalue weighted by Gasteiger charge is -2.18. The van der Waals surface area contributed by atoms with Gasteiger partial charge in [0.2, 0.25) is 0 Å². The standard InChI is InChI=1S/C57H110O6/c1-7-53(6)45-39-33-27-21-17-18-23-29-35-41-47-56(59)62-50-54(49-61-55(58)46-40-34-28-22-16-12-14-20-26-32-38-44-52(4)5)63-57(60)48-42-36-30-24-15-11-9-8-10-13-19-25-31-37-43-51(2)3/h51-54H,7-50H2,1-6H3/t53?,54-/m1/s1. The van der Waals surface area contributed by atoms with Crippen LogP contribution in [0.3, 0.4) is 0 Å². The van der Waals surface area contributed by atoms with Crippen LogP contribution in [0.5, 0.6) is 0 Å². The number of hydrogen-bond acceptors (Lipinski definition) is 6. The average molecular weight is 892 g/mol. The Morgan fingerprint density at radius 2 is 0.556 bits per heavy atom. The van der Waals surface area contributed by atoms with Gasteiger partial charge < -0.3 is 14.2 Å². The maximum Gasteiger partial charge on any atom is 0.306 e. The number of hydrogen-bond donors (Lipinski definition) is 0. The second kappa shape index (κ2) is 48.3. The third kappa shape index (κ3) is 49.7. The molecule has 0 bridgehead atoms. The molecule has 0 aromatic carbocycles. The van der Waals surface area contributed by atoms with E-state index in [1.165, 1.54) is 193 Å². The number of carbonyl (C=O) groups excluding carboxylic acids is 3. The van der Waals surface area contributed by atoms with Gasteiger partial charge in [0.15, 0.2) is 6.10 Å². The van der Waals surface area contributed by atoms with Gasteiger partial charge in [0.05, 0.1) is 0 Å². The molecule has 0 aromatic heterocycles. The summed E-state index contributed by atoms with van der Waals surface area (Å²) in [5.41, 5.74) is 0. The van der Waals surface area contributed by atoms with Crippen LogP contribution < -0.4 is 0 Å². The average Bonchev–Trinajstić information content (AvgIpc) is 3.25. The molecular formula is C57H110O6. The number of esters is 3. The molecule has 0 spiro atoms. The number of carbonyl (C=O) groups is 3. The Morgan fingerprint density at radius 3 is 0.825 bits per heavy atom. The molecule has 63 heavy (non-hydrogen) atoms. The normalized spacial score (nSPS) is 12.6. The summed E-state index contributed by atoms with van der Waals surface area (Å²) in [4.78, 5) is 38.1. The van der Waals surface area contributed by atoms with Crippen molar-refractivity contribution in [3.05, 3.63) is 0 Å². The zero-order valence-electron chi connectivity index (χ0n) is 43.4. The molecule has 0 aromatic rings. The van der Waals surface area contributed by atoms with Gasteiger partial charge in [-0.15, -0.1) is 0 Å². The van der Waals surface area contributed by atoms with Crippen molar-refractivity contribution in [1.29, 1.82) is 0 Å². The van der Waals surface area contributed by atoms with Crippen molar-refractivity contribution < 1.29 is 28.6 Å². The fraction of sp³-hybridized carbons (Fsp3) is 0.947. The predicted octanol–water partition coefficient (Wildman–Crippen LogP) is 18.3. The zero-order chi connectivity index (χ0) is 46.3. The summed E-state index contributed by atoms with van der Waals surface area (Å²) in [6, 6.07) is 0.